The summed E-state index contributed by atoms with van der Waals surface area (Å²) in [6.07, 6.45) is 1.59. The summed E-state index contributed by atoms with van der Waals surface area (Å²) in [6, 6.07) is 2.90. The summed E-state index contributed by atoms with van der Waals surface area (Å²) in [7, 11) is 0. The van der Waals surface area contributed by atoms with Crippen LogP contribution >= 0.6 is 11.3 Å². The average Bonchev–Trinajstić information content (AvgIpc) is 2.91. The van der Waals surface area contributed by atoms with Crippen molar-refractivity contribution in [2.45, 2.75) is 26.8 Å². The van der Waals surface area contributed by atoms with E-state index >= 15 is 0 Å². The number of carbonyl (C=O) groups is 1. The van der Waals surface area contributed by atoms with E-state index in [1.165, 1.54) is 15.9 Å². The van der Waals surface area contributed by atoms with Gasteiger partial charge in [-0.1, -0.05) is 0 Å². The Hall–Kier alpha value is -2.46. The van der Waals surface area contributed by atoms with Crippen LogP contribution in [-0.2, 0) is 4.79 Å². The largest absolute Gasteiger partial charge is 0.300 e. The van der Waals surface area contributed by atoms with Crippen molar-refractivity contribution in [2.24, 2.45) is 0 Å². The maximum absolute atomic E-state index is 12.3. The smallest absolute Gasteiger partial charge is 0.269 e. The Kier molecular flexibility index (Phi) is 4.19. The van der Waals surface area contributed by atoms with E-state index in [9.17, 15) is 9.59 Å². The number of carbonyl (C=O) groups excluding carboxylic acids is 1. The summed E-state index contributed by atoms with van der Waals surface area (Å²) in [5.41, 5.74) is 0.869. The molecule has 0 spiro atoms. The number of hydrogen-bond acceptors (Lipinski definition) is 5. The van der Waals surface area contributed by atoms with Crippen LogP contribution in [0.3, 0.4) is 0 Å². The van der Waals surface area contributed by atoms with Gasteiger partial charge in [-0.3, -0.25) is 14.2 Å². The molecule has 1 N–H and O–H groups in total. The maximum Gasteiger partial charge on any atom is 0.269 e. The van der Waals surface area contributed by atoms with E-state index < -0.39 is 11.6 Å². The van der Waals surface area contributed by atoms with Crippen LogP contribution in [0.1, 0.15) is 29.8 Å². The molecule has 0 aliphatic heterocycles. The predicted octanol–water partition coefficient (Wildman–Crippen LogP) is 1.99. The van der Waals surface area contributed by atoms with Crippen LogP contribution in [0.4, 0.5) is 5.13 Å². The molecule has 0 fully saturated rings. The molecule has 1 amide bonds. The number of aromatic nitrogens is 2. The van der Waals surface area contributed by atoms with Gasteiger partial charge in [0.25, 0.3) is 5.56 Å². The minimum Gasteiger partial charge on any atom is -0.300 e. The van der Waals surface area contributed by atoms with E-state index in [2.05, 4.69) is 10.3 Å². The third kappa shape index (κ3) is 2.85. The zero-order chi connectivity index (χ0) is 15.6. The van der Waals surface area contributed by atoms with Crippen molar-refractivity contribution in [3.05, 3.63) is 44.8 Å². The highest BCUT2D eigenvalue weighted by atomic mass is 32.1. The first-order valence-corrected chi connectivity index (χ1v) is 7.17. The fourth-order valence-electron chi connectivity index (χ4n) is 2.13. The van der Waals surface area contributed by atoms with E-state index in [0.717, 1.165) is 0 Å². The number of pyridine rings is 1. The van der Waals surface area contributed by atoms with E-state index in [-0.39, 0.29) is 11.5 Å². The number of nitrogens with zero attached hydrogens (tertiary/aromatic N) is 3. The van der Waals surface area contributed by atoms with E-state index in [1.807, 2.05) is 6.07 Å². The van der Waals surface area contributed by atoms with Gasteiger partial charge in [-0.15, -0.1) is 11.3 Å². The molecule has 0 unspecified atom stereocenters. The van der Waals surface area contributed by atoms with Crippen molar-refractivity contribution < 1.29 is 4.79 Å². The molecular weight excluding hydrogens is 288 g/mol. The van der Waals surface area contributed by atoms with Gasteiger partial charge in [-0.2, -0.15) is 5.26 Å². The maximum atomic E-state index is 12.3. The topological polar surface area (TPSA) is 87.8 Å². The Balaban J connectivity index is 2.40. The summed E-state index contributed by atoms with van der Waals surface area (Å²) in [5, 5.41) is 13.9. The van der Waals surface area contributed by atoms with Crippen LogP contribution in [0.25, 0.3) is 0 Å². The second-order valence-electron chi connectivity index (χ2n) is 4.63. The number of hydrogen-bond donors (Lipinski definition) is 1. The number of rotatable bonds is 3. The van der Waals surface area contributed by atoms with Gasteiger partial charge in [0, 0.05) is 17.3 Å². The van der Waals surface area contributed by atoms with Crippen LogP contribution in [0.5, 0.6) is 0 Å². The lowest BCUT2D eigenvalue weighted by molar-refractivity contribution is -0.118. The highest BCUT2D eigenvalue weighted by Gasteiger charge is 2.21. The summed E-state index contributed by atoms with van der Waals surface area (Å²) < 4.78 is 1.33. The molecule has 0 saturated heterocycles. The number of nitriles is 1. The van der Waals surface area contributed by atoms with Crippen LogP contribution < -0.4 is 10.9 Å². The van der Waals surface area contributed by atoms with Gasteiger partial charge in [0.15, 0.2) is 5.13 Å². The second kappa shape index (κ2) is 5.89. The molecule has 0 aliphatic rings. The Bertz CT molecular complexity index is 772. The minimum atomic E-state index is -0.728. The SMILES string of the molecule is Cc1cc(C)n([C@H](C)C(=O)Nc2nccs2)c(=O)c1C#N. The lowest BCUT2D eigenvalue weighted by atomic mass is 10.1. The fraction of sp³-hybridized carbons (Fsp3) is 0.286. The molecular formula is C14H14N4O2S. The molecule has 2 aromatic heterocycles. The van der Waals surface area contributed by atoms with Crippen molar-refractivity contribution in [1.29, 1.82) is 5.26 Å². The standard InChI is InChI=1S/C14H14N4O2S/c1-8-6-9(2)18(13(20)11(8)7-15)10(3)12(19)17-14-16-4-5-21-14/h4-6,10H,1-3H3,(H,16,17,19)/t10-/m1/s1. The summed E-state index contributed by atoms with van der Waals surface area (Å²) in [4.78, 5) is 28.5. The van der Waals surface area contributed by atoms with Gasteiger partial charge in [-0.05, 0) is 32.4 Å². The zero-order valence-corrected chi connectivity index (χ0v) is 12.7. The van der Waals surface area contributed by atoms with E-state index in [4.69, 9.17) is 5.26 Å². The molecule has 0 saturated carbocycles. The van der Waals surface area contributed by atoms with Crippen molar-refractivity contribution in [3.8, 4) is 6.07 Å². The summed E-state index contributed by atoms with van der Waals surface area (Å²) in [6.45, 7) is 5.06. The van der Waals surface area contributed by atoms with E-state index in [0.29, 0.717) is 16.4 Å². The molecule has 7 heteroatoms. The molecule has 6 nitrogen and oxygen atoms in total. The first-order valence-electron chi connectivity index (χ1n) is 6.29. The van der Waals surface area contributed by atoms with Crippen molar-refractivity contribution in [1.82, 2.24) is 9.55 Å². The van der Waals surface area contributed by atoms with Crippen molar-refractivity contribution in [3.63, 3.8) is 0 Å². The average molecular weight is 302 g/mol. The number of anilines is 1. The predicted molar refractivity (Wildman–Crippen MR) is 80.3 cm³/mol. The Labute approximate surface area is 125 Å². The highest BCUT2D eigenvalue weighted by Crippen LogP contribution is 2.15. The molecule has 0 aromatic carbocycles. The van der Waals surface area contributed by atoms with Crippen LogP contribution in [0, 0.1) is 25.2 Å². The summed E-state index contributed by atoms with van der Waals surface area (Å²) >= 11 is 1.30. The monoisotopic (exact) mass is 302 g/mol. The molecule has 1 atom stereocenters. The molecule has 2 aromatic rings. The van der Waals surface area contributed by atoms with Crippen molar-refractivity contribution >= 4 is 22.4 Å². The molecule has 2 rings (SSSR count). The van der Waals surface area contributed by atoms with Crippen LogP contribution in [0.2, 0.25) is 0 Å². The first kappa shape index (κ1) is 14.9. The summed E-state index contributed by atoms with van der Waals surface area (Å²) in [5.74, 6) is -0.345. The molecule has 0 bridgehead atoms. The number of nitrogens with one attached hydrogen (secondary N) is 1. The molecule has 2 heterocycles. The Morgan fingerprint density at radius 2 is 2.24 bits per heavy atom. The highest BCUT2D eigenvalue weighted by molar-refractivity contribution is 7.13. The zero-order valence-electron chi connectivity index (χ0n) is 11.9. The molecule has 21 heavy (non-hydrogen) atoms. The minimum absolute atomic E-state index is 0.0644. The van der Waals surface area contributed by atoms with Gasteiger partial charge in [0.2, 0.25) is 5.91 Å². The Morgan fingerprint density at radius 3 is 2.81 bits per heavy atom. The number of aryl methyl sites for hydroxylation is 2. The van der Waals surface area contributed by atoms with Crippen LogP contribution in [0.15, 0.2) is 22.4 Å². The third-order valence-electron chi connectivity index (χ3n) is 3.17. The van der Waals surface area contributed by atoms with Gasteiger partial charge in [-0.25, -0.2) is 4.98 Å². The number of amides is 1. The quantitative estimate of drug-likeness (QED) is 0.939. The lowest BCUT2D eigenvalue weighted by Gasteiger charge is -2.18. The van der Waals surface area contributed by atoms with Gasteiger partial charge in [0.05, 0.1) is 0 Å². The van der Waals surface area contributed by atoms with Gasteiger partial charge >= 0.3 is 0 Å². The number of thiazole rings is 1. The molecule has 0 radical (unpaired) electrons. The fourth-order valence-corrected chi connectivity index (χ4v) is 2.67. The van der Waals surface area contributed by atoms with Gasteiger partial charge in [0.1, 0.15) is 17.7 Å². The van der Waals surface area contributed by atoms with Crippen molar-refractivity contribution in [2.75, 3.05) is 5.32 Å². The molecule has 0 aliphatic carbocycles. The van der Waals surface area contributed by atoms with Crippen LogP contribution in [-0.4, -0.2) is 15.5 Å². The lowest BCUT2D eigenvalue weighted by Crippen LogP contribution is -2.34. The Morgan fingerprint density at radius 1 is 1.52 bits per heavy atom. The first-order chi connectivity index (χ1) is 9.95. The second-order valence-corrected chi connectivity index (χ2v) is 5.53. The third-order valence-corrected chi connectivity index (χ3v) is 3.86. The van der Waals surface area contributed by atoms with Gasteiger partial charge < -0.3 is 5.32 Å². The van der Waals surface area contributed by atoms with E-state index in [1.54, 1.807) is 38.4 Å². The normalized spacial score (nSPS) is 11.7. The molecule has 108 valence electrons.